The Morgan fingerprint density at radius 3 is 2.72 bits per heavy atom. The Morgan fingerprint density at radius 2 is 2.04 bits per heavy atom. The van der Waals surface area contributed by atoms with Crippen molar-refractivity contribution in [1.82, 2.24) is 10.6 Å². The molecular formula is C18H16ClN3O3. The predicted molar refractivity (Wildman–Crippen MR) is 93.3 cm³/mol. The molecule has 2 aromatic carbocycles. The average molecular weight is 358 g/mol. The molecule has 0 atom stereocenters. The standard InChI is InChI=1S/C18H16ClN3O3/c1-21-17(23)11-25-16-7-12(9-20)5-6-14(16)10-22-18(24)13-3-2-4-15(19)8-13/h2-8H,10-11H2,1H3,(H,21,23)(H,22,24). The summed E-state index contributed by atoms with van der Waals surface area (Å²) in [6.07, 6.45) is 0. The first-order valence-corrected chi connectivity index (χ1v) is 7.81. The molecule has 0 aliphatic carbocycles. The van der Waals surface area contributed by atoms with Crippen LogP contribution in [0.5, 0.6) is 5.75 Å². The topological polar surface area (TPSA) is 91.2 Å². The third-order valence-corrected chi connectivity index (χ3v) is 3.60. The van der Waals surface area contributed by atoms with Crippen molar-refractivity contribution in [3.05, 3.63) is 64.2 Å². The number of nitriles is 1. The summed E-state index contributed by atoms with van der Waals surface area (Å²) in [5.41, 5.74) is 1.49. The number of hydrogen-bond acceptors (Lipinski definition) is 4. The molecule has 0 aliphatic heterocycles. The van der Waals surface area contributed by atoms with Crippen LogP contribution >= 0.6 is 11.6 Å². The first kappa shape index (κ1) is 18.3. The van der Waals surface area contributed by atoms with Crippen molar-refractivity contribution >= 4 is 23.4 Å². The third-order valence-electron chi connectivity index (χ3n) is 3.36. The van der Waals surface area contributed by atoms with Crippen LogP contribution < -0.4 is 15.4 Å². The van der Waals surface area contributed by atoms with E-state index in [0.717, 1.165) is 0 Å². The number of nitrogens with zero attached hydrogens (tertiary/aromatic N) is 1. The monoisotopic (exact) mass is 357 g/mol. The average Bonchev–Trinajstić information content (AvgIpc) is 2.64. The van der Waals surface area contributed by atoms with E-state index in [1.54, 1.807) is 36.4 Å². The van der Waals surface area contributed by atoms with Gasteiger partial charge in [0.25, 0.3) is 11.8 Å². The van der Waals surface area contributed by atoms with Gasteiger partial charge in [0.05, 0.1) is 11.6 Å². The van der Waals surface area contributed by atoms with Gasteiger partial charge in [-0.15, -0.1) is 0 Å². The number of rotatable bonds is 6. The Hall–Kier alpha value is -3.04. The molecule has 0 heterocycles. The van der Waals surface area contributed by atoms with Crippen LogP contribution in [0.1, 0.15) is 21.5 Å². The molecule has 2 amide bonds. The Labute approximate surface area is 150 Å². The van der Waals surface area contributed by atoms with Crippen molar-refractivity contribution in [2.24, 2.45) is 0 Å². The van der Waals surface area contributed by atoms with Gasteiger partial charge in [-0.25, -0.2) is 0 Å². The van der Waals surface area contributed by atoms with E-state index < -0.39 is 0 Å². The van der Waals surface area contributed by atoms with Gasteiger partial charge in [0.1, 0.15) is 5.75 Å². The maximum atomic E-state index is 12.2. The van der Waals surface area contributed by atoms with E-state index in [4.69, 9.17) is 21.6 Å². The molecule has 0 unspecified atom stereocenters. The van der Waals surface area contributed by atoms with Crippen LogP contribution in [0, 0.1) is 11.3 Å². The maximum absolute atomic E-state index is 12.2. The number of amides is 2. The SMILES string of the molecule is CNC(=O)COc1cc(C#N)ccc1CNC(=O)c1cccc(Cl)c1. The number of nitrogens with one attached hydrogen (secondary N) is 2. The number of hydrogen-bond donors (Lipinski definition) is 2. The van der Waals surface area contributed by atoms with Crippen LogP contribution in [0.2, 0.25) is 5.02 Å². The molecule has 0 fully saturated rings. The second kappa shape index (κ2) is 8.71. The van der Waals surface area contributed by atoms with Crippen LogP contribution in [-0.4, -0.2) is 25.5 Å². The van der Waals surface area contributed by atoms with Crippen molar-refractivity contribution in [3.63, 3.8) is 0 Å². The van der Waals surface area contributed by atoms with Crippen molar-refractivity contribution in [1.29, 1.82) is 5.26 Å². The highest BCUT2D eigenvalue weighted by Crippen LogP contribution is 2.20. The van der Waals surface area contributed by atoms with E-state index in [2.05, 4.69) is 10.6 Å². The minimum absolute atomic E-state index is 0.180. The van der Waals surface area contributed by atoms with Crippen LogP contribution in [0.3, 0.4) is 0 Å². The second-order valence-electron chi connectivity index (χ2n) is 5.09. The molecule has 0 radical (unpaired) electrons. The summed E-state index contributed by atoms with van der Waals surface area (Å²) in [5, 5.41) is 14.7. The summed E-state index contributed by atoms with van der Waals surface area (Å²) in [6.45, 7) is 0.000748. The first-order chi connectivity index (χ1) is 12.0. The number of benzene rings is 2. The smallest absolute Gasteiger partial charge is 0.257 e. The van der Waals surface area contributed by atoms with E-state index in [9.17, 15) is 9.59 Å². The fourth-order valence-electron chi connectivity index (χ4n) is 2.03. The zero-order valence-electron chi connectivity index (χ0n) is 13.5. The number of ether oxygens (including phenoxy) is 1. The van der Waals surface area contributed by atoms with E-state index in [-0.39, 0.29) is 25.0 Å². The van der Waals surface area contributed by atoms with Crippen LogP contribution in [0.4, 0.5) is 0 Å². The molecule has 128 valence electrons. The Bertz CT molecular complexity index is 831. The summed E-state index contributed by atoms with van der Waals surface area (Å²) >= 11 is 5.88. The van der Waals surface area contributed by atoms with Crippen LogP contribution in [0.25, 0.3) is 0 Å². The molecule has 0 spiro atoms. The molecule has 0 saturated heterocycles. The fraction of sp³-hybridized carbons (Fsp3) is 0.167. The van der Waals surface area contributed by atoms with Gasteiger partial charge in [-0.2, -0.15) is 5.26 Å². The maximum Gasteiger partial charge on any atom is 0.257 e. The van der Waals surface area contributed by atoms with E-state index in [0.29, 0.717) is 27.5 Å². The van der Waals surface area contributed by atoms with E-state index in [1.165, 1.54) is 13.1 Å². The highest BCUT2D eigenvalue weighted by atomic mass is 35.5. The van der Waals surface area contributed by atoms with Crippen molar-refractivity contribution in [3.8, 4) is 11.8 Å². The van der Waals surface area contributed by atoms with E-state index in [1.807, 2.05) is 6.07 Å². The summed E-state index contributed by atoms with van der Waals surface area (Å²) in [6, 6.07) is 13.4. The van der Waals surface area contributed by atoms with Gasteiger partial charge >= 0.3 is 0 Å². The first-order valence-electron chi connectivity index (χ1n) is 7.43. The zero-order chi connectivity index (χ0) is 18.2. The highest BCUT2D eigenvalue weighted by Gasteiger charge is 2.11. The van der Waals surface area contributed by atoms with Gasteiger partial charge in [0, 0.05) is 29.7 Å². The number of carbonyl (C=O) groups is 2. The largest absolute Gasteiger partial charge is 0.483 e. The molecule has 7 heteroatoms. The van der Waals surface area contributed by atoms with E-state index >= 15 is 0 Å². The van der Waals surface area contributed by atoms with Crippen molar-refractivity contribution < 1.29 is 14.3 Å². The molecule has 0 saturated carbocycles. The molecule has 6 nitrogen and oxygen atoms in total. The summed E-state index contributed by atoms with van der Waals surface area (Å²) < 4.78 is 5.45. The van der Waals surface area contributed by atoms with Gasteiger partial charge in [-0.1, -0.05) is 23.7 Å². The summed E-state index contributed by atoms with van der Waals surface area (Å²) in [7, 11) is 1.50. The molecule has 2 aromatic rings. The molecular weight excluding hydrogens is 342 g/mol. The van der Waals surface area contributed by atoms with Crippen molar-refractivity contribution in [2.45, 2.75) is 6.54 Å². The lowest BCUT2D eigenvalue weighted by Crippen LogP contribution is -2.26. The van der Waals surface area contributed by atoms with Gasteiger partial charge in [0.2, 0.25) is 0 Å². The fourth-order valence-corrected chi connectivity index (χ4v) is 2.22. The number of carbonyl (C=O) groups excluding carboxylic acids is 2. The van der Waals surface area contributed by atoms with Crippen LogP contribution in [0.15, 0.2) is 42.5 Å². The van der Waals surface area contributed by atoms with Crippen LogP contribution in [-0.2, 0) is 11.3 Å². The minimum atomic E-state index is -0.295. The summed E-state index contributed by atoms with van der Waals surface area (Å²) in [4.78, 5) is 23.5. The lowest BCUT2D eigenvalue weighted by molar-refractivity contribution is -0.122. The third kappa shape index (κ3) is 5.23. The Balaban J connectivity index is 2.11. The zero-order valence-corrected chi connectivity index (χ0v) is 14.3. The quantitative estimate of drug-likeness (QED) is 0.829. The molecule has 2 N–H and O–H groups in total. The second-order valence-corrected chi connectivity index (χ2v) is 5.53. The van der Waals surface area contributed by atoms with Gasteiger partial charge in [-0.3, -0.25) is 9.59 Å². The molecule has 0 aliphatic rings. The normalized spacial score (nSPS) is 9.80. The van der Waals surface area contributed by atoms with Crippen molar-refractivity contribution in [2.75, 3.05) is 13.7 Å². The Morgan fingerprint density at radius 1 is 1.24 bits per heavy atom. The van der Waals surface area contributed by atoms with Gasteiger partial charge in [-0.05, 0) is 30.3 Å². The van der Waals surface area contributed by atoms with Gasteiger partial charge < -0.3 is 15.4 Å². The predicted octanol–water partition coefficient (Wildman–Crippen LogP) is 2.27. The highest BCUT2D eigenvalue weighted by molar-refractivity contribution is 6.30. The number of likely N-dealkylation sites (N-methyl/N-ethyl adjacent to an activating group) is 1. The lowest BCUT2D eigenvalue weighted by atomic mass is 10.1. The lowest BCUT2D eigenvalue weighted by Gasteiger charge is -2.12. The summed E-state index contributed by atoms with van der Waals surface area (Å²) in [5.74, 6) is -0.213. The molecule has 0 aromatic heterocycles. The number of halogens is 1. The Kier molecular flexibility index (Phi) is 6.38. The molecule has 25 heavy (non-hydrogen) atoms. The molecule has 0 bridgehead atoms. The molecule has 2 rings (SSSR count). The minimum Gasteiger partial charge on any atom is -0.483 e. The van der Waals surface area contributed by atoms with Gasteiger partial charge in [0.15, 0.2) is 6.61 Å².